The Labute approximate surface area is 124 Å². The Morgan fingerprint density at radius 3 is 2.35 bits per heavy atom. The summed E-state index contributed by atoms with van der Waals surface area (Å²) in [4.78, 5) is 14.8. The molecule has 0 amide bonds. The van der Waals surface area contributed by atoms with E-state index in [9.17, 15) is 4.79 Å². The highest BCUT2D eigenvalue weighted by Gasteiger charge is 2.38. The Bertz CT molecular complexity index is 326. The number of carbonyl (C=O) groups excluding carboxylic acids is 1. The van der Waals surface area contributed by atoms with Crippen LogP contribution < -0.4 is 0 Å². The van der Waals surface area contributed by atoms with Gasteiger partial charge >= 0.3 is 5.97 Å². The summed E-state index contributed by atoms with van der Waals surface area (Å²) in [6.45, 7) is 9.24. The van der Waals surface area contributed by atoms with Gasteiger partial charge in [0.2, 0.25) is 0 Å². The van der Waals surface area contributed by atoms with E-state index >= 15 is 0 Å². The van der Waals surface area contributed by atoms with Crippen molar-refractivity contribution >= 4 is 5.97 Å². The van der Waals surface area contributed by atoms with Crippen LogP contribution in [-0.4, -0.2) is 35.1 Å². The fourth-order valence-corrected chi connectivity index (χ4v) is 3.73. The van der Waals surface area contributed by atoms with Crippen molar-refractivity contribution in [1.82, 2.24) is 4.90 Å². The van der Waals surface area contributed by atoms with E-state index in [2.05, 4.69) is 11.8 Å². The molecule has 3 nitrogen and oxygen atoms in total. The van der Waals surface area contributed by atoms with Gasteiger partial charge in [0, 0.05) is 6.04 Å². The fourth-order valence-electron chi connectivity index (χ4n) is 3.73. The third kappa shape index (κ3) is 3.97. The standard InChI is InChI=1S/C17H31NO2/c1-5-13-8-10-14(11-9-13)18-12-6-7-15(18)16(19)20-17(2,3)4/h13-15H,5-12H2,1-4H3/t13?,14?,15-/m0/s1. The Morgan fingerprint density at radius 2 is 1.80 bits per heavy atom. The average Bonchev–Trinajstić information content (AvgIpc) is 2.86. The molecule has 0 unspecified atom stereocenters. The van der Waals surface area contributed by atoms with Crippen LogP contribution in [0.4, 0.5) is 0 Å². The maximum absolute atomic E-state index is 12.4. The van der Waals surface area contributed by atoms with Gasteiger partial charge in [0.25, 0.3) is 0 Å². The van der Waals surface area contributed by atoms with Crippen LogP contribution in [0.1, 0.15) is 72.6 Å². The highest BCUT2D eigenvalue weighted by Crippen LogP contribution is 2.33. The molecule has 1 atom stereocenters. The SMILES string of the molecule is CCC1CCC(N2CCC[C@H]2C(=O)OC(C)(C)C)CC1. The smallest absolute Gasteiger partial charge is 0.323 e. The van der Waals surface area contributed by atoms with Crippen LogP contribution >= 0.6 is 0 Å². The molecule has 0 bridgehead atoms. The van der Waals surface area contributed by atoms with Gasteiger partial charge in [-0.1, -0.05) is 13.3 Å². The van der Waals surface area contributed by atoms with E-state index < -0.39 is 0 Å². The van der Waals surface area contributed by atoms with Gasteiger partial charge in [0.1, 0.15) is 11.6 Å². The van der Waals surface area contributed by atoms with Crippen LogP contribution in [0.15, 0.2) is 0 Å². The molecule has 3 heteroatoms. The predicted molar refractivity (Wildman–Crippen MR) is 81.6 cm³/mol. The number of hydrogen-bond donors (Lipinski definition) is 0. The van der Waals surface area contributed by atoms with E-state index in [-0.39, 0.29) is 17.6 Å². The minimum Gasteiger partial charge on any atom is -0.459 e. The first-order valence-electron chi connectivity index (χ1n) is 8.39. The molecule has 0 spiro atoms. The summed E-state index contributed by atoms with van der Waals surface area (Å²) < 4.78 is 5.60. The first-order valence-corrected chi connectivity index (χ1v) is 8.39. The second-order valence-corrected chi connectivity index (χ2v) is 7.51. The topological polar surface area (TPSA) is 29.5 Å². The van der Waals surface area contributed by atoms with Crippen molar-refractivity contribution in [2.75, 3.05) is 6.54 Å². The maximum Gasteiger partial charge on any atom is 0.323 e. The highest BCUT2D eigenvalue weighted by molar-refractivity contribution is 5.76. The molecule has 0 aromatic rings. The number of ether oxygens (including phenoxy) is 1. The summed E-state index contributed by atoms with van der Waals surface area (Å²) in [5, 5.41) is 0. The molecule has 0 N–H and O–H groups in total. The van der Waals surface area contributed by atoms with Crippen LogP contribution in [0.3, 0.4) is 0 Å². The molecule has 2 aliphatic rings. The molecule has 2 fully saturated rings. The van der Waals surface area contributed by atoms with Crippen molar-refractivity contribution in [2.45, 2.75) is 90.3 Å². The molecule has 20 heavy (non-hydrogen) atoms. The lowest BCUT2D eigenvalue weighted by Gasteiger charge is -2.37. The second kappa shape index (κ2) is 6.46. The van der Waals surface area contributed by atoms with Crippen molar-refractivity contribution in [3.8, 4) is 0 Å². The number of esters is 1. The molecule has 1 heterocycles. The van der Waals surface area contributed by atoms with Gasteiger partial charge in [-0.2, -0.15) is 0 Å². The fraction of sp³-hybridized carbons (Fsp3) is 0.941. The molecule has 1 saturated carbocycles. The van der Waals surface area contributed by atoms with Gasteiger partial charge in [0.05, 0.1) is 0 Å². The molecule has 0 radical (unpaired) electrons. The number of rotatable bonds is 3. The van der Waals surface area contributed by atoms with Gasteiger partial charge in [-0.05, 0) is 71.8 Å². The van der Waals surface area contributed by atoms with E-state index in [1.54, 1.807) is 0 Å². The molecule has 1 aliphatic carbocycles. The minimum atomic E-state index is -0.370. The van der Waals surface area contributed by atoms with Gasteiger partial charge in [-0.3, -0.25) is 9.69 Å². The van der Waals surface area contributed by atoms with Gasteiger partial charge in [-0.15, -0.1) is 0 Å². The average molecular weight is 281 g/mol. The van der Waals surface area contributed by atoms with E-state index in [0.29, 0.717) is 6.04 Å². The first-order chi connectivity index (χ1) is 9.40. The zero-order chi connectivity index (χ0) is 14.8. The summed E-state index contributed by atoms with van der Waals surface area (Å²) in [5.41, 5.74) is -0.370. The highest BCUT2D eigenvalue weighted by atomic mass is 16.6. The molecule has 1 saturated heterocycles. The second-order valence-electron chi connectivity index (χ2n) is 7.51. The summed E-state index contributed by atoms with van der Waals surface area (Å²) in [7, 11) is 0. The molecule has 0 aromatic carbocycles. The Balaban J connectivity index is 1.92. The number of nitrogens with zero attached hydrogens (tertiary/aromatic N) is 1. The maximum atomic E-state index is 12.4. The third-order valence-electron chi connectivity index (χ3n) is 4.84. The zero-order valence-electron chi connectivity index (χ0n) is 13.7. The molecule has 116 valence electrons. The van der Waals surface area contributed by atoms with Crippen LogP contribution in [-0.2, 0) is 9.53 Å². The Kier molecular flexibility index (Phi) is 5.11. The van der Waals surface area contributed by atoms with Gasteiger partial charge < -0.3 is 4.74 Å². The predicted octanol–water partition coefficient (Wildman–Crippen LogP) is 3.76. The Hall–Kier alpha value is -0.570. The van der Waals surface area contributed by atoms with Crippen molar-refractivity contribution in [1.29, 1.82) is 0 Å². The first kappa shape index (κ1) is 15.8. The number of hydrogen-bond acceptors (Lipinski definition) is 3. The summed E-state index contributed by atoms with van der Waals surface area (Å²) in [5.74, 6) is 0.904. The number of likely N-dealkylation sites (tertiary alicyclic amines) is 1. The van der Waals surface area contributed by atoms with Crippen LogP contribution in [0.5, 0.6) is 0 Å². The van der Waals surface area contributed by atoms with E-state index in [1.807, 2.05) is 20.8 Å². The summed E-state index contributed by atoms with van der Waals surface area (Å²) in [6.07, 6.45) is 8.61. The van der Waals surface area contributed by atoms with E-state index in [0.717, 1.165) is 25.3 Å². The molecular formula is C17H31NO2. The van der Waals surface area contributed by atoms with Gasteiger partial charge in [-0.25, -0.2) is 0 Å². The lowest BCUT2D eigenvalue weighted by molar-refractivity contribution is -0.161. The minimum absolute atomic E-state index is 0.00684. The summed E-state index contributed by atoms with van der Waals surface area (Å²) in [6, 6.07) is 0.621. The van der Waals surface area contributed by atoms with Gasteiger partial charge in [0.15, 0.2) is 0 Å². The third-order valence-corrected chi connectivity index (χ3v) is 4.84. The van der Waals surface area contributed by atoms with Crippen LogP contribution in [0.25, 0.3) is 0 Å². The number of carbonyl (C=O) groups is 1. The largest absolute Gasteiger partial charge is 0.459 e. The van der Waals surface area contributed by atoms with Crippen molar-refractivity contribution < 1.29 is 9.53 Å². The zero-order valence-corrected chi connectivity index (χ0v) is 13.7. The van der Waals surface area contributed by atoms with Crippen LogP contribution in [0, 0.1) is 5.92 Å². The van der Waals surface area contributed by atoms with E-state index in [1.165, 1.54) is 32.1 Å². The molecule has 1 aliphatic heterocycles. The van der Waals surface area contributed by atoms with E-state index in [4.69, 9.17) is 4.74 Å². The van der Waals surface area contributed by atoms with Crippen LogP contribution in [0.2, 0.25) is 0 Å². The van der Waals surface area contributed by atoms with Crippen molar-refractivity contribution in [3.05, 3.63) is 0 Å². The summed E-state index contributed by atoms with van der Waals surface area (Å²) >= 11 is 0. The van der Waals surface area contributed by atoms with Crippen molar-refractivity contribution in [2.24, 2.45) is 5.92 Å². The monoisotopic (exact) mass is 281 g/mol. The Morgan fingerprint density at radius 1 is 1.15 bits per heavy atom. The quantitative estimate of drug-likeness (QED) is 0.738. The molecule has 0 aromatic heterocycles. The molecular weight excluding hydrogens is 250 g/mol. The molecule has 2 rings (SSSR count). The normalized spacial score (nSPS) is 32.3. The van der Waals surface area contributed by atoms with Crippen molar-refractivity contribution in [3.63, 3.8) is 0 Å². The lowest BCUT2D eigenvalue weighted by Crippen LogP contribution is -2.46. The lowest BCUT2D eigenvalue weighted by atomic mass is 9.84.